The molecule has 0 aromatic carbocycles. The fourth-order valence-electron chi connectivity index (χ4n) is 2.70. The molecule has 0 amide bonds. The average molecular weight is 213 g/mol. The lowest BCUT2D eigenvalue weighted by atomic mass is 9.84. The molecule has 0 unspecified atom stereocenters. The Kier molecular flexibility index (Phi) is 3.26. The number of carboxylic acids is 1. The molecule has 0 spiro atoms. The summed E-state index contributed by atoms with van der Waals surface area (Å²) in [6, 6.07) is 0. The van der Waals surface area contributed by atoms with Crippen LogP contribution >= 0.6 is 0 Å². The number of carbonyl (C=O) groups is 1. The SMILES string of the molecule is CN1CCC([C@H]2OCC[C@@H]2C(=O)O)CC1. The molecular formula is C11H19NO3. The molecule has 2 heterocycles. The second-order valence-electron chi connectivity index (χ2n) is 4.71. The van der Waals surface area contributed by atoms with Crippen LogP contribution in [0.1, 0.15) is 19.3 Å². The molecule has 2 atom stereocenters. The lowest BCUT2D eigenvalue weighted by Crippen LogP contribution is -2.39. The van der Waals surface area contributed by atoms with Gasteiger partial charge in [0.15, 0.2) is 0 Å². The van der Waals surface area contributed by atoms with Crippen LogP contribution in [0.4, 0.5) is 0 Å². The molecular weight excluding hydrogens is 194 g/mol. The first-order chi connectivity index (χ1) is 7.18. The van der Waals surface area contributed by atoms with E-state index >= 15 is 0 Å². The van der Waals surface area contributed by atoms with Crippen LogP contribution in [-0.2, 0) is 9.53 Å². The monoisotopic (exact) mass is 213 g/mol. The van der Waals surface area contributed by atoms with Crippen molar-refractivity contribution in [3.63, 3.8) is 0 Å². The predicted molar refractivity (Wildman–Crippen MR) is 55.7 cm³/mol. The van der Waals surface area contributed by atoms with Crippen LogP contribution in [0, 0.1) is 11.8 Å². The molecule has 2 fully saturated rings. The van der Waals surface area contributed by atoms with Gasteiger partial charge in [-0.25, -0.2) is 0 Å². The van der Waals surface area contributed by atoms with Crippen LogP contribution in [0.25, 0.3) is 0 Å². The van der Waals surface area contributed by atoms with E-state index in [1.54, 1.807) is 0 Å². The number of nitrogens with zero attached hydrogens (tertiary/aromatic N) is 1. The van der Waals surface area contributed by atoms with Gasteiger partial charge in [0.25, 0.3) is 0 Å². The van der Waals surface area contributed by atoms with Crippen molar-refractivity contribution in [2.45, 2.75) is 25.4 Å². The zero-order valence-corrected chi connectivity index (χ0v) is 9.19. The molecule has 4 nitrogen and oxygen atoms in total. The predicted octanol–water partition coefficient (Wildman–Crippen LogP) is 0.818. The second kappa shape index (κ2) is 4.49. The molecule has 2 aliphatic rings. The minimum Gasteiger partial charge on any atom is -0.481 e. The van der Waals surface area contributed by atoms with E-state index in [1.165, 1.54) is 0 Å². The maximum atomic E-state index is 11.0. The minimum atomic E-state index is -0.684. The first-order valence-corrected chi connectivity index (χ1v) is 5.71. The van der Waals surface area contributed by atoms with E-state index in [1.807, 2.05) is 0 Å². The lowest BCUT2D eigenvalue weighted by molar-refractivity contribution is -0.145. The minimum absolute atomic E-state index is 0.0313. The fraction of sp³-hybridized carbons (Fsp3) is 0.909. The summed E-state index contributed by atoms with van der Waals surface area (Å²) >= 11 is 0. The van der Waals surface area contributed by atoms with Gasteiger partial charge < -0.3 is 14.7 Å². The Labute approximate surface area is 90.2 Å². The number of hydrogen-bond acceptors (Lipinski definition) is 3. The first kappa shape index (κ1) is 10.9. The van der Waals surface area contributed by atoms with Gasteiger partial charge in [-0.3, -0.25) is 4.79 Å². The van der Waals surface area contributed by atoms with Gasteiger partial charge in [-0.2, -0.15) is 0 Å². The molecule has 0 saturated carbocycles. The second-order valence-corrected chi connectivity index (χ2v) is 4.71. The standard InChI is InChI=1S/C11H19NO3/c1-12-5-2-8(3-6-12)10-9(11(13)14)4-7-15-10/h8-10H,2-7H2,1H3,(H,13,14)/t9-,10+/m0/s1. The van der Waals surface area contributed by atoms with Crippen LogP contribution in [0.15, 0.2) is 0 Å². The summed E-state index contributed by atoms with van der Waals surface area (Å²) in [4.78, 5) is 13.3. The number of likely N-dealkylation sites (tertiary alicyclic amines) is 1. The van der Waals surface area contributed by atoms with Crippen molar-refractivity contribution < 1.29 is 14.6 Å². The van der Waals surface area contributed by atoms with Gasteiger partial charge in [0, 0.05) is 6.61 Å². The summed E-state index contributed by atoms with van der Waals surface area (Å²) in [6.45, 7) is 2.75. The largest absolute Gasteiger partial charge is 0.481 e. The maximum Gasteiger partial charge on any atom is 0.309 e. The van der Waals surface area contributed by atoms with Gasteiger partial charge in [0.1, 0.15) is 0 Å². The third-order valence-electron chi connectivity index (χ3n) is 3.68. The van der Waals surface area contributed by atoms with Crippen molar-refractivity contribution in [3.8, 4) is 0 Å². The normalized spacial score (nSPS) is 34.5. The maximum absolute atomic E-state index is 11.0. The summed E-state index contributed by atoms with van der Waals surface area (Å²) in [5.74, 6) is -0.500. The van der Waals surface area contributed by atoms with Crippen molar-refractivity contribution in [2.75, 3.05) is 26.7 Å². The molecule has 86 valence electrons. The summed E-state index contributed by atoms with van der Waals surface area (Å²) in [7, 11) is 2.11. The van der Waals surface area contributed by atoms with Crippen molar-refractivity contribution in [1.82, 2.24) is 4.90 Å². The highest BCUT2D eigenvalue weighted by molar-refractivity contribution is 5.71. The molecule has 15 heavy (non-hydrogen) atoms. The van der Waals surface area contributed by atoms with E-state index in [0.29, 0.717) is 18.9 Å². The number of piperidine rings is 1. The van der Waals surface area contributed by atoms with E-state index in [2.05, 4.69) is 11.9 Å². The van der Waals surface area contributed by atoms with Crippen LogP contribution in [0.3, 0.4) is 0 Å². The van der Waals surface area contributed by atoms with Gasteiger partial charge in [0.2, 0.25) is 0 Å². The van der Waals surface area contributed by atoms with Gasteiger partial charge in [-0.1, -0.05) is 0 Å². The van der Waals surface area contributed by atoms with E-state index in [-0.39, 0.29) is 12.0 Å². The first-order valence-electron chi connectivity index (χ1n) is 5.71. The highest BCUT2D eigenvalue weighted by Crippen LogP contribution is 2.32. The fourth-order valence-corrected chi connectivity index (χ4v) is 2.70. The zero-order valence-electron chi connectivity index (χ0n) is 9.19. The molecule has 1 N–H and O–H groups in total. The summed E-state index contributed by atoms with van der Waals surface area (Å²) in [6.07, 6.45) is 2.80. The Morgan fingerprint density at radius 3 is 2.60 bits per heavy atom. The van der Waals surface area contributed by atoms with E-state index < -0.39 is 5.97 Å². The lowest BCUT2D eigenvalue weighted by Gasteiger charge is -2.33. The summed E-state index contributed by atoms with van der Waals surface area (Å²) in [5, 5.41) is 9.08. The number of aliphatic carboxylic acids is 1. The quantitative estimate of drug-likeness (QED) is 0.737. The highest BCUT2D eigenvalue weighted by atomic mass is 16.5. The Morgan fingerprint density at radius 1 is 1.33 bits per heavy atom. The molecule has 2 rings (SSSR count). The Bertz CT molecular complexity index is 236. The third kappa shape index (κ3) is 2.32. The molecule has 2 aliphatic heterocycles. The summed E-state index contributed by atoms with van der Waals surface area (Å²) < 4.78 is 5.60. The Hall–Kier alpha value is -0.610. The van der Waals surface area contributed by atoms with E-state index in [0.717, 1.165) is 25.9 Å². The number of ether oxygens (including phenoxy) is 1. The topological polar surface area (TPSA) is 49.8 Å². The Balaban J connectivity index is 1.94. The molecule has 0 bridgehead atoms. The number of carboxylic acid groups (broad SMARTS) is 1. The third-order valence-corrected chi connectivity index (χ3v) is 3.68. The van der Waals surface area contributed by atoms with Crippen molar-refractivity contribution in [3.05, 3.63) is 0 Å². The molecule has 0 aromatic rings. The van der Waals surface area contributed by atoms with Crippen molar-refractivity contribution in [1.29, 1.82) is 0 Å². The highest BCUT2D eigenvalue weighted by Gasteiger charge is 2.39. The van der Waals surface area contributed by atoms with Gasteiger partial charge in [-0.05, 0) is 45.3 Å². The Morgan fingerprint density at radius 2 is 2.00 bits per heavy atom. The average Bonchev–Trinajstić information content (AvgIpc) is 2.67. The van der Waals surface area contributed by atoms with Gasteiger partial charge in [-0.15, -0.1) is 0 Å². The molecule has 0 radical (unpaired) electrons. The van der Waals surface area contributed by atoms with Gasteiger partial charge in [0.05, 0.1) is 12.0 Å². The van der Waals surface area contributed by atoms with Crippen LogP contribution in [0.2, 0.25) is 0 Å². The van der Waals surface area contributed by atoms with Crippen LogP contribution in [0.5, 0.6) is 0 Å². The van der Waals surface area contributed by atoms with E-state index in [4.69, 9.17) is 9.84 Å². The molecule has 4 heteroatoms. The number of hydrogen-bond donors (Lipinski definition) is 1. The zero-order chi connectivity index (χ0) is 10.8. The van der Waals surface area contributed by atoms with Crippen LogP contribution < -0.4 is 0 Å². The molecule has 0 aliphatic carbocycles. The molecule has 2 saturated heterocycles. The van der Waals surface area contributed by atoms with Crippen molar-refractivity contribution in [2.24, 2.45) is 11.8 Å². The van der Waals surface area contributed by atoms with Crippen LogP contribution in [-0.4, -0.2) is 48.8 Å². The van der Waals surface area contributed by atoms with Crippen molar-refractivity contribution >= 4 is 5.97 Å². The smallest absolute Gasteiger partial charge is 0.309 e. The number of rotatable bonds is 2. The van der Waals surface area contributed by atoms with Gasteiger partial charge >= 0.3 is 5.97 Å². The molecule has 0 aromatic heterocycles. The summed E-state index contributed by atoms with van der Waals surface area (Å²) in [5.41, 5.74) is 0. The van der Waals surface area contributed by atoms with E-state index in [9.17, 15) is 4.79 Å².